The molecule has 0 radical (unpaired) electrons. The van der Waals surface area contributed by atoms with Gasteiger partial charge in [0.05, 0.1) is 0 Å². The molecule has 1 atom stereocenters. The molecule has 0 saturated carbocycles. The highest BCUT2D eigenvalue weighted by Crippen LogP contribution is 2.33. The fraction of sp³-hybridized carbons (Fsp3) is 0.167. The Morgan fingerprint density at radius 2 is 1.85 bits per heavy atom. The third-order valence-electron chi connectivity index (χ3n) is 4.12. The second kappa shape index (κ2) is 6.87. The number of carbonyl (C=O) groups is 3. The van der Waals surface area contributed by atoms with Gasteiger partial charge >= 0.3 is 6.03 Å². The Balaban J connectivity index is 1.76. The minimum absolute atomic E-state index is 0.372. The van der Waals surface area contributed by atoms with E-state index in [4.69, 9.17) is 0 Å². The van der Waals surface area contributed by atoms with E-state index in [-0.39, 0.29) is 0 Å². The Bertz CT molecular complexity index is 888. The minimum Gasteiger partial charge on any atom is -0.325 e. The Kier molecular flexibility index (Phi) is 4.78. The molecular weight excluding hydrogens is 405 g/mol. The molecule has 1 fully saturated rings. The molecule has 26 heavy (non-hydrogen) atoms. The minimum atomic E-state index is -1.27. The van der Waals surface area contributed by atoms with Crippen molar-refractivity contribution in [2.24, 2.45) is 0 Å². The van der Waals surface area contributed by atoms with Crippen molar-refractivity contribution >= 4 is 39.5 Å². The molecule has 6 nitrogen and oxygen atoms in total. The van der Waals surface area contributed by atoms with Crippen molar-refractivity contribution < 1.29 is 18.8 Å². The molecule has 1 saturated heterocycles. The van der Waals surface area contributed by atoms with Crippen LogP contribution >= 0.6 is 15.9 Å². The average Bonchev–Trinajstić information content (AvgIpc) is 2.81. The van der Waals surface area contributed by atoms with E-state index >= 15 is 0 Å². The number of halogens is 2. The van der Waals surface area contributed by atoms with Crippen molar-refractivity contribution in [3.63, 3.8) is 0 Å². The fourth-order valence-corrected chi connectivity index (χ4v) is 3.45. The summed E-state index contributed by atoms with van der Waals surface area (Å²) in [5, 5.41) is 5.17. The number of hydrogen-bond acceptors (Lipinski definition) is 3. The molecule has 8 heteroatoms. The van der Waals surface area contributed by atoms with Gasteiger partial charge in [-0.15, -0.1) is 0 Å². The molecule has 0 bridgehead atoms. The summed E-state index contributed by atoms with van der Waals surface area (Å²) in [7, 11) is 0. The smallest absolute Gasteiger partial charge is 0.325 e. The number of urea groups is 1. The van der Waals surface area contributed by atoms with Crippen LogP contribution in [0.4, 0.5) is 14.9 Å². The van der Waals surface area contributed by atoms with Crippen molar-refractivity contribution in [2.45, 2.75) is 12.5 Å². The van der Waals surface area contributed by atoms with E-state index in [9.17, 15) is 18.8 Å². The Hall–Kier alpha value is -2.74. The zero-order chi connectivity index (χ0) is 18.9. The quantitative estimate of drug-likeness (QED) is 0.747. The molecule has 134 valence electrons. The maximum absolute atomic E-state index is 12.9. The first-order chi connectivity index (χ1) is 12.3. The van der Waals surface area contributed by atoms with Crippen molar-refractivity contribution in [2.75, 3.05) is 11.9 Å². The van der Waals surface area contributed by atoms with Gasteiger partial charge in [0.25, 0.3) is 5.91 Å². The van der Waals surface area contributed by atoms with E-state index in [2.05, 4.69) is 26.6 Å². The summed E-state index contributed by atoms with van der Waals surface area (Å²) < 4.78 is 13.6. The van der Waals surface area contributed by atoms with Gasteiger partial charge in [-0.25, -0.2) is 9.18 Å². The number of amides is 4. The van der Waals surface area contributed by atoms with Crippen LogP contribution in [0.1, 0.15) is 12.5 Å². The Labute approximate surface area is 157 Å². The summed E-state index contributed by atoms with van der Waals surface area (Å²) in [5.74, 6) is -1.51. The van der Waals surface area contributed by atoms with Gasteiger partial charge in [-0.1, -0.05) is 34.1 Å². The number of nitrogens with zero attached hydrogens (tertiary/aromatic N) is 1. The standard InChI is InChI=1S/C18H15BrFN3O3/c1-18(13-4-2-3-5-14(13)19)16(25)23(17(26)22-18)10-15(24)21-12-8-6-11(20)7-9-12/h2-9H,10H2,1H3,(H,21,24)(H,22,26)/t18-/m0/s1. The van der Waals surface area contributed by atoms with Gasteiger partial charge in [-0.2, -0.15) is 0 Å². The van der Waals surface area contributed by atoms with Gasteiger partial charge in [-0.05, 0) is 37.3 Å². The number of imide groups is 1. The first-order valence-electron chi connectivity index (χ1n) is 7.76. The van der Waals surface area contributed by atoms with E-state index in [1.807, 2.05) is 0 Å². The van der Waals surface area contributed by atoms with Crippen LogP contribution < -0.4 is 10.6 Å². The van der Waals surface area contributed by atoms with Gasteiger partial charge in [-0.3, -0.25) is 14.5 Å². The molecule has 0 unspecified atom stereocenters. The summed E-state index contributed by atoms with van der Waals surface area (Å²) in [6.45, 7) is 1.15. The van der Waals surface area contributed by atoms with Crippen LogP contribution in [0.25, 0.3) is 0 Å². The normalized spacial score (nSPS) is 19.4. The van der Waals surface area contributed by atoms with Crippen LogP contribution in [0, 0.1) is 5.82 Å². The molecule has 2 aromatic rings. The SMILES string of the molecule is C[C@@]1(c2ccccc2Br)NC(=O)N(CC(=O)Nc2ccc(F)cc2)C1=O. The molecule has 1 heterocycles. The molecule has 2 aromatic carbocycles. The summed E-state index contributed by atoms with van der Waals surface area (Å²) in [5.41, 5.74) is -0.301. The average molecular weight is 420 g/mol. The second-order valence-electron chi connectivity index (χ2n) is 5.98. The van der Waals surface area contributed by atoms with Gasteiger partial charge in [0.15, 0.2) is 0 Å². The second-order valence-corrected chi connectivity index (χ2v) is 6.84. The summed E-state index contributed by atoms with van der Waals surface area (Å²) in [6, 6.07) is 11.6. The van der Waals surface area contributed by atoms with Gasteiger partial charge in [0.2, 0.25) is 5.91 Å². The summed E-state index contributed by atoms with van der Waals surface area (Å²) in [4.78, 5) is 38.1. The number of benzene rings is 2. The van der Waals surface area contributed by atoms with E-state index in [0.29, 0.717) is 15.7 Å². The highest BCUT2D eigenvalue weighted by molar-refractivity contribution is 9.10. The molecular formula is C18H15BrFN3O3. The van der Waals surface area contributed by atoms with Crippen LogP contribution in [0.3, 0.4) is 0 Å². The number of rotatable bonds is 4. The van der Waals surface area contributed by atoms with Crippen molar-refractivity contribution in [3.8, 4) is 0 Å². The van der Waals surface area contributed by atoms with E-state index in [0.717, 1.165) is 4.90 Å². The number of hydrogen-bond donors (Lipinski definition) is 2. The molecule has 1 aliphatic heterocycles. The van der Waals surface area contributed by atoms with Crippen LogP contribution in [0.2, 0.25) is 0 Å². The molecule has 3 rings (SSSR count). The molecule has 0 aliphatic carbocycles. The summed E-state index contributed by atoms with van der Waals surface area (Å²) >= 11 is 3.38. The Morgan fingerprint density at radius 3 is 2.50 bits per heavy atom. The number of nitrogens with one attached hydrogen (secondary N) is 2. The summed E-state index contributed by atoms with van der Waals surface area (Å²) in [6.07, 6.45) is 0. The van der Waals surface area contributed by atoms with Crippen molar-refractivity contribution in [1.82, 2.24) is 10.2 Å². The largest absolute Gasteiger partial charge is 0.325 e. The lowest BCUT2D eigenvalue weighted by Gasteiger charge is -2.23. The monoisotopic (exact) mass is 419 g/mol. The first kappa shape index (κ1) is 18.1. The van der Waals surface area contributed by atoms with E-state index in [1.54, 1.807) is 31.2 Å². The third kappa shape index (κ3) is 3.32. The van der Waals surface area contributed by atoms with Gasteiger partial charge in [0, 0.05) is 15.7 Å². The van der Waals surface area contributed by atoms with Gasteiger partial charge < -0.3 is 10.6 Å². The lowest BCUT2D eigenvalue weighted by atomic mass is 9.92. The van der Waals surface area contributed by atoms with E-state index < -0.39 is 35.7 Å². The maximum atomic E-state index is 12.9. The molecule has 0 aromatic heterocycles. The molecule has 0 spiro atoms. The van der Waals surface area contributed by atoms with Crippen LogP contribution in [-0.4, -0.2) is 29.3 Å². The lowest BCUT2D eigenvalue weighted by molar-refractivity contribution is -0.133. The van der Waals surface area contributed by atoms with Crippen LogP contribution in [0.15, 0.2) is 53.0 Å². The Morgan fingerprint density at radius 1 is 1.19 bits per heavy atom. The van der Waals surface area contributed by atoms with Gasteiger partial charge in [0.1, 0.15) is 17.9 Å². The number of anilines is 1. The predicted octanol–water partition coefficient (Wildman–Crippen LogP) is 2.99. The van der Waals surface area contributed by atoms with Crippen LogP contribution in [-0.2, 0) is 15.1 Å². The fourth-order valence-electron chi connectivity index (χ4n) is 2.77. The van der Waals surface area contributed by atoms with Crippen molar-refractivity contribution in [1.29, 1.82) is 0 Å². The molecule has 4 amide bonds. The van der Waals surface area contributed by atoms with Crippen LogP contribution in [0.5, 0.6) is 0 Å². The highest BCUT2D eigenvalue weighted by Gasteiger charge is 2.50. The highest BCUT2D eigenvalue weighted by atomic mass is 79.9. The third-order valence-corrected chi connectivity index (χ3v) is 4.81. The number of carbonyl (C=O) groups excluding carboxylic acids is 3. The first-order valence-corrected chi connectivity index (χ1v) is 8.55. The molecule has 2 N–H and O–H groups in total. The topological polar surface area (TPSA) is 78.5 Å². The lowest BCUT2D eigenvalue weighted by Crippen LogP contribution is -2.42. The zero-order valence-electron chi connectivity index (χ0n) is 13.8. The predicted molar refractivity (Wildman–Crippen MR) is 96.8 cm³/mol. The maximum Gasteiger partial charge on any atom is 0.325 e. The van der Waals surface area contributed by atoms with E-state index in [1.165, 1.54) is 24.3 Å². The van der Waals surface area contributed by atoms with Crippen molar-refractivity contribution in [3.05, 3.63) is 64.4 Å². The zero-order valence-corrected chi connectivity index (χ0v) is 15.3. The molecule has 1 aliphatic rings.